The normalized spacial score (nSPS) is 29.3. The fraction of sp³-hybridized carbons (Fsp3) is 0.529. The molecule has 1 aromatic carbocycles. The zero-order chi connectivity index (χ0) is 15.7. The highest BCUT2D eigenvalue weighted by molar-refractivity contribution is 6.31. The minimum Gasteiger partial charge on any atom is -0.342 e. The first-order valence-corrected chi connectivity index (χ1v) is 8.25. The highest BCUT2D eigenvalue weighted by Gasteiger charge is 2.48. The third kappa shape index (κ3) is 2.72. The Labute approximate surface area is 135 Å². The van der Waals surface area contributed by atoms with Crippen molar-refractivity contribution in [3.63, 3.8) is 0 Å². The van der Waals surface area contributed by atoms with E-state index in [1.807, 2.05) is 25.1 Å². The molecule has 0 aromatic heterocycles. The van der Waals surface area contributed by atoms with Crippen molar-refractivity contribution in [3.8, 4) is 0 Å². The van der Waals surface area contributed by atoms with Crippen molar-refractivity contribution in [3.05, 3.63) is 34.9 Å². The van der Waals surface area contributed by atoms with Gasteiger partial charge in [-0.15, -0.1) is 0 Å². The average Bonchev–Trinajstić information content (AvgIpc) is 3.02. The van der Waals surface area contributed by atoms with Crippen LogP contribution in [0.2, 0.25) is 5.02 Å². The van der Waals surface area contributed by atoms with Crippen LogP contribution in [0, 0.1) is 5.92 Å². The fourth-order valence-corrected chi connectivity index (χ4v) is 3.80. The molecule has 2 aliphatic rings. The molecule has 2 fully saturated rings. The largest absolute Gasteiger partial charge is 0.342 e. The lowest BCUT2D eigenvalue weighted by atomic mass is 9.81. The Morgan fingerprint density at radius 3 is 2.59 bits per heavy atom. The minimum atomic E-state index is -0.773. The summed E-state index contributed by atoms with van der Waals surface area (Å²) in [5.41, 5.74) is 0.0963. The molecule has 4 nitrogen and oxygen atoms in total. The second-order valence-electron chi connectivity index (χ2n) is 6.49. The first-order valence-electron chi connectivity index (χ1n) is 7.87. The number of hydrogen-bond donors (Lipinski definition) is 2. The van der Waals surface area contributed by atoms with E-state index >= 15 is 0 Å². The number of hydrogen-bond acceptors (Lipinski definition) is 2. The number of benzene rings is 1. The number of halogens is 1. The summed E-state index contributed by atoms with van der Waals surface area (Å²) < 4.78 is 0. The Balaban J connectivity index is 1.74. The molecular formula is C17H21ClN2O2. The quantitative estimate of drug-likeness (QED) is 0.898. The zero-order valence-electron chi connectivity index (χ0n) is 12.7. The predicted molar refractivity (Wildman–Crippen MR) is 85.6 cm³/mol. The van der Waals surface area contributed by atoms with Gasteiger partial charge in [-0.1, -0.05) is 42.6 Å². The average molecular weight is 321 g/mol. The first kappa shape index (κ1) is 15.3. The maximum absolute atomic E-state index is 12.6. The predicted octanol–water partition coefficient (Wildman–Crippen LogP) is 2.45. The molecule has 1 aromatic rings. The lowest BCUT2D eigenvalue weighted by molar-refractivity contribution is -0.143. The van der Waals surface area contributed by atoms with Crippen LogP contribution in [0.15, 0.2) is 24.3 Å². The summed E-state index contributed by atoms with van der Waals surface area (Å²) in [5, 5.41) is 6.50. The summed E-state index contributed by atoms with van der Waals surface area (Å²) >= 11 is 6.14. The number of carbonyl (C=O) groups is 2. The van der Waals surface area contributed by atoms with E-state index in [2.05, 4.69) is 10.6 Å². The summed E-state index contributed by atoms with van der Waals surface area (Å²) in [5.74, 6) is 0.0442. The van der Waals surface area contributed by atoms with Crippen molar-refractivity contribution in [1.29, 1.82) is 0 Å². The lowest BCUT2D eigenvalue weighted by Crippen LogP contribution is -2.70. The molecule has 3 rings (SSSR count). The van der Waals surface area contributed by atoms with Crippen molar-refractivity contribution < 1.29 is 9.59 Å². The van der Waals surface area contributed by atoms with Crippen LogP contribution in [-0.4, -0.2) is 23.4 Å². The van der Waals surface area contributed by atoms with E-state index in [1.165, 1.54) is 0 Å². The van der Waals surface area contributed by atoms with Crippen LogP contribution in [0.25, 0.3) is 0 Å². The Morgan fingerprint density at radius 1 is 1.23 bits per heavy atom. The van der Waals surface area contributed by atoms with Crippen LogP contribution in [0.1, 0.15) is 38.2 Å². The second kappa shape index (κ2) is 5.92. The molecule has 0 spiro atoms. The molecule has 0 bridgehead atoms. The van der Waals surface area contributed by atoms with Gasteiger partial charge in [0.1, 0.15) is 11.6 Å². The molecule has 1 saturated carbocycles. The van der Waals surface area contributed by atoms with Gasteiger partial charge in [-0.2, -0.15) is 0 Å². The van der Waals surface area contributed by atoms with E-state index in [9.17, 15) is 9.59 Å². The molecule has 118 valence electrons. The standard InChI is InChI=1S/C17H21ClN2O2/c1-17(12-7-3-4-8-12)16(22)19-14(15(21)20-17)10-11-6-2-5-9-13(11)18/h2,5-6,9,12,14H,3-4,7-8,10H2,1H3,(H,19,22)(H,20,21). The summed E-state index contributed by atoms with van der Waals surface area (Å²) in [6, 6.07) is 6.85. The molecule has 2 atom stereocenters. The maximum Gasteiger partial charge on any atom is 0.246 e. The van der Waals surface area contributed by atoms with Crippen LogP contribution in [0.4, 0.5) is 0 Å². The number of piperazine rings is 1. The summed E-state index contributed by atoms with van der Waals surface area (Å²) in [6.07, 6.45) is 4.68. The SMILES string of the molecule is CC1(C2CCCC2)NC(=O)C(Cc2ccccc2Cl)NC1=O. The number of nitrogens with one attached hydrogen (secondary N) is 2. The maximum atomic E-state index is 12.6. The third-order valence-corrected chi connectivity index (χ3v) is 5.40. The monoisotopic (exact) mass is 320 g/mol. The van der Waals surface area contributed by atoms with Gasteiger partial charge in [-0.3, -0.25) is 9.59 Å². The van der Waals surface area contributed by atoms with E-state index in [0.717, 1.165) is 31.2 Å². The molecular weight excluding hydrogens is 300 g/mol. The first-order chi connectivity index (χ1) is 10.5. The van der Waals surface area contributed by atoms with Gasteiger partial charge in [-0.05, 0) is 37.3 Å². The van der Waals surface area contributed by atoms with Gasteiger partial charge in [0, 0.05) is 11.4 Å². The molecule has 1 aliphatic carbocycles. The Hall–Kier alpha value is -1.55. The second-order valence-corrected chi connectivity index (χ2v) is 6.90. The van der Waals surface area contributed by atoms with Crippen molar-refractivity contribution in [2.24, 2.45) is 5.92 Å². The molecule has 2 amide bonds. The molecule has 5 heteroatoms. The van der Waals surface area contributed by atoms with E-state index < -0.39 is 11.6 Å². The minimum absolute atomic E-state index is 0.0731. The Kier molecular flexibility index (Phi) is 4.13. The van der Waals surface area contributed by atoms with Crippen molar-refractivity contribution in [2.75, 3.05) is 0 Å². The molecule has 1 saturated heterocycles. The number of rotatable bonds is 3. The van der Waals surface area contributed by atoms with Crippen LogP contribution in [0.3, 0.4) is 0 Å². The van der Waals surface area contributed by atoms with E-state index in [4.69, 9.17) is 11.6 Å². The Bertz CT molecular complexity index is 598. The van der Waals surface area contributed by atoms with Crippen LogP contribution in [0.5, 0.6) is 0 Å². The van der Waals surface area contributed by atoms with Crippen molar-refractivity contribution in [1.82, 2.24) is 10.6 Å². The van der Waals surface area contributed by atoms with Crippen LogP contribution in [-0.2, 0) is 16.0 Å². The van der Waals surface area contributed by atoms with Gasteiger partial charge in [-0.25, -0.2) is 0 Å². The van der Waals surface area contributed by atoms with Crippen LogP contribution >= 0.6 is 11.6 Å². The number of carbonyl (C=O) groups excluding carboxylic acids is 2. The van der Waals surface area contributed by atoms with E-state index in [0.29, 0.717) is 11.4 Å². The molecule has 22 heavy (non-hydrogen) atoms. The van der Waals surface area contributed by atoms with Gasteiger partial charge in [0.2, 0.25) is 11.8 Å². The molecule has 1 aliphatic heterocycles. The smallest absolute Gasteiger partial charge is 0.246 e. The van der Waals surface area contributed by atoms with Gasteiger partial charge in [0.15, 0.2) is 0 Å². The van der Waals surface area contributed by atoms with E-state index in [1.54, 1.807) is 6.07 Å². The third-order valence-electron chi connectivity index (χ3n) is 5.03. The zero-order valence-corrected chi connectivity index (χ0v) is 13.5. The topological polar surface area (TPSA) is 58.2 Å². The van der Waals surface area contributed by atoms with Gasteiger partial charge in [0.25, 0.3) is 0 Å². The Morgan fingerprint density at radius 2 is 1.91 bits per heavy atom. The van der Waals surface area contributed by atoms with Gasteiger partial charge < -0.3 is 10.6 Å². The van der Waals surface area contributed by atoms with Gasteiger partial charge in [0.05, 0.1) is 0 Å². The molecule has 2 unspecified atom stereocenters. The lowest BCUT2D eigenvalue weighted by Gasteiger charge is -2.41. The molecule has 2 N–H and O–H groups in total. The highest BCUT2D eigenvalue weighted by atomic mass is 35.5. The van der Waals surface area contributed by atoms with Crippen molar-refractivity contribution in [2.45, 2.75) is 50.6 Å². The fourth-order valence-electron chi connectivity index (χ4n) is 3.59. The molecule has 1 heterocycles. The highest BCUT2D eigenvalue weighted by Crippen LogP contribution is 2.35. The summed E-state index contributed by atoms with van der Waals surface area (Å²) in [7, 11) is 0. The summed E-state index contributed by atoms with van der Waals surface area (Å²) in [6.45, 7) is 1.85. The van der Waals surface area contributed by atoms with E-state index in [-0.39, 0.29) is 17.7 Å². The van der Waals surface area contributed by atoms with Crippen LogP contribution < -0.4 is 10.6 Å². The van der Waals surface area contributed by atoms with Crippen molar-refractivity contribution >= 4 is 23.4 Å². The van der Waals surface area contributed by atoms with Gasteiger partial charge >= 0.3 is 0 Å². The summed E-state index contributed by atoms with van der Waals surface area (Å²) in [4.78, 5) is 25.0. The molecule has 0 radical (unpaired) electrons. The number of amides is 2.